The fourth-order valence-corrected chi connectivity index (χ4v) is 3.50. The molecule has 2 fully saturated rings. The summed E-state index contributed by atoms with van der Waals surface area (Å²) < 4.78 is 0. The molecule has 1 aromatic rings. The fraction of sp³-hybridized carbons (Fsp3) is 0.455. The first-order valence-corrected chi connectivity index (χ1v) is 4.75. The van der Waals surface area contributed by atoms with Crippen molar-refractivity contribution in [2.45, 2.75) is 18.3 Å². The SMILES string of the molecule is Nc1ccc2c(c1)[C@H]1C[C@H]3[C@@H]2[C@H]31. The third-order valence-electron chi connectivity index (χ3n) is 4.09. The first-order valence-electron chi connectivity index (χ1n) is 4.75. The predicted octanol–water partition coefficient (Wildman–Crippen LogP) is 2.10. The van der Waals surface area contributed by atoms with Crippen LogP contribution in [0.4, 0.5) is 5.69 Å². The lowest BCUT2D eigenvalue weighted by Crippen LogP contribution is -2.14. The fourth-order valence-electron chi connectivity index (χ4n) is 3.50. The number of hydrogen-bond donors (Lipinski definition) is 1. The van der Waals surface area contributed by atoms with Crippen molar-refractivity contribution in [3.8, 4) is 0 Å². The van der Waals surface area contributed by atoms with Gasteiger partial charge < -0.3 is 5.73 Å². The molecule has 2 N–H and O–H groups in total. The molecule has 0 radical (unpaired) electrons. The molecular weight excluding hydrogens is 146 g/mol. The normalized spacial score (nSPS) is 44.7. The Morgan fingerprint density at radius 2 is 2.17 bits per heavy atom. The molecule has 3 aliphatic rings. The highest BCUT2D eigenvalue weighted by Crippen LogP contribution is 2.78. The number of hydrogen-bond acceptors (Lipinski definition) is 1. The van der Waals surface area contributed by atoms with E-state index in [9.17, 15) is 0 Å². The zero-order valence-electron chi connectivity index (χ0n) is 6.83. The van der Waals surface area contributed by atoms with E-state index in [0.717, 1.165) is 29.4 Å². The molecule has 2 saturated carbocycles. The zero-order chi connectivity index (χ0) is 7.87. The van der Waals surface area contributed by atoms with Gasteiger partial charge in [0.15, 0.2) is 0 Å². The van der Waals surface area contributed by atoms with Crippen LogP contribution < -0.4 is 5.73 Å². The van der Waals surface area contributed by atoms with Gasteiger partial charge in [-0.15, -0.1) is 0 Å². The van der Waals surface area contributed by atoms with Crippen LogP contribution in [0.2, 0.25) is 0 Å². The average molecular weight is 157 g/mol. The van der Waals surface area contributed by atoms with Crippen LogP contribution in [0, 0.1) is 11.8 Å². The van der Waals surface area contributed by atoms with Crippen molar-refractivity contribution in [2.75, 3.05) is 5.73 Å². The van der Waals surface area contributed by atoms with E-state index in [0.29, 0.717) is 0 Å². The summed E-state index contributed by atoms with van der Waals surface area (Å²) in [5.41, 5.74) is 9.91. The number of fused-ring (bicyclic) bond motifs is 4. The predicted molar refractivity (Wildman–Crippen MR) is 47.9 cm³/mol. The highest BCUT2D eigenvalue weighted by atomic mass is 14.7. The van der Waals surface area contributed by atoms with Crippen LogP contribution in [-0.2, 0) is 0 Å². The van der Waals surface area contributed by atoms with Crippen LogP contribution in [0.15, 0.2) is 18.2 Å². The Morgan fingerprint density at radius 1 is 1.25 bits per heavy atom. The summed E-state index contributed by atoms with van der Waals surface area (Å²) in [6, 6.07) is 6.50. The molecule has 3 aliphatic carbocycles. The largest absolute Gasteiger partial charge is 0.399 e. The van der Waals surface area contributed by atoms with Gasteiger partial charge in [0.1, 0.15) is 0 Å². The number of rotatable bonds is 0. The zero-order valence-corrected chi connectivity index (χ0v) is 6.83. The van der Waals surface area contributed by atoms with Crippen LogP contribution in [-0.4, -0.2) is 0 Å². The minimum atomic E-state index is 0.901. The maximum atomic E-state index is 5.77. The standard InChI is InChI=1S/C11H11N/c12-5-1-2-6-7(3-5)8-4-9-10(6)11(8)9/h1-3,8-11H,4,12H2/t8-,9+,10-,11+/m1/s1. The number of benzene rings is 1. The summed E-state index contributed by atoms with van der Waals surface area (Å²) in [6.45, 7) is 0. The Labute approximate surface area is 71.6 Å². The molecule has 0 amide bonds. The molecule has 0 aromatic heterocycles. The molecule has 1 aromatic carbocycles. The maximum absolute atomic E-state index is 5.77. The monoisotopic (exact) mass is 157 g/mol. The lowest BCUT2D eigenvalue weighted by Gasteiger charge is -2.26. The van der Waals surface area contributed by atoms with Crippen molar-refractivity contribution in [1.29, 1.82) is 0 Å². The Morgan fingerprint density at radius 3 is 3.08 bits per heavy atom. The van der Waals surface area contributed by atoms with Crippen LogP contribution in [0.3, 0.4) is 0 Å². The maximum Gasteiger partial charge on any atom is 0.0317 e. The van der Waals surface area contributed by atoms with Crippen molar-refractivity contribution in [3.63, 3.8) is 0 Å². The van der Waals surface area contributed by atoms with E-state index in [2.05, 4.69) is 18.2 Å². The summed E-state index contributed by atoms with van der Waals surface area (Å²) in [4.78, 5) is 0. The summed E-state index contributed by atoms with van der Waals surface area (Å²) in [5, 5.41) is 0. The van der Waals surface area contributed by atoms with Gasteiger partial charge >= 0.3 is 0 Å². The molecule has 12 heavy (non-hydrogen) atoms. The molecule has 0 heterocycles. The molecule has 4 atom stereocenters. The van der Waals surface area contributed by atoms with E-state index in [1.165, 1.54) is 6.42 Å². The van der Waals surface area contributed by atoms with Crippen molar-refractivity contribution >= 4 is 5.69 Å². The van der Waals surface area contributed by atoms with Gasteiger partial charge in [0.05, 0.1) is 0 Å². The van der Waals surface area contributed by atoms with Gasteiger partial charge in [-0.25, -0.2) is 0 Å². The molecule has 0 aliphatic heterocycles. The molecule has 1 heteroatoms. The highest BCUT2D eigenvalue weighted by Gasteiger charge is 2.68. The molecule has 0 bridgehead atoms. The van der Waals surface area contributed by atoms with Crippen LogP contribution in [0.25, 0.3) is 0 Å². The second-order valence-electron chi connectivity index (χ2n) is 4.50. The second-order valence-corrected chi connectivity index (χ2v) is 4.50. The number of nitrogens with two attached hydrogens (primary N) is 1. The van der Waals surface area contributed by atoms with Gasteiger partial charge in [-0.3, -0.25) is 0 Å². The van der Waals surface area contributed by atoms with Crippen molar-refractivity contribution in [3.05, 3.63) is 29.3 Å². The first-order chi connectivity index (χ1) is 5.86. The molecular formula is C11H11N. The van der Waals surface area contributed by atoms with Crippen LogP contribution in [0.5, 0.6) is 0 Å². The highest BCUT2D eigenvalue weighted by molar-refractivity contribution is 5.57. The quantitative estimate of drug-likeness (QED) is 0.573. The van der Waals surface area contributed by atoms with Crippen LogP contribution in [0.1, 0.15) is 29.4 Å². The molecule has 4 rings (SSSR count). The van der Waals surface area contributed by atoms with E-state index in [4.69, 9.17) is 5.73 Å². The summed E-state index contributed by atoms with van der Waals surface area (Å²) in [6.07, 6.45) is 1.45. The summed E-state index contributed by atoms with van der Waals surface area (Å²) >= 11 is 0. The average Bonchev–Trinajstić information content (AvgIpc) is 2.48. The summed E-state index contributed by atoms with van der Waals surface area (Å²) in [7, 11) is 0. The van der Waals surface area contributed by atoms with Gasteiger partial charge in [0.25, 0.3) is 0 Å². The molecule has 1 nitrogen and oxygen atoms in total. The van der Waals surface area contributed by atoms with E-state index in [1.54, 1.807) is 11.1 Å². The van der Waals surface area contributed by atoms with Gasteiger partial charge in [-0.1, -0.05) is 6.07 Å². The molecule has 60 valence electrons. The Balaban J connectivity index is 2.01. The van der Waals surface area contributed by atoms with Gasteiger partial charge in [0, 0.05) is 5.69 Å². The molecule has 0 saturated heterocycles. The Kier molecular flexibility index (Phi) is 0.663. The summed E-state index contributed by atoms with van der Waals surface area (Å²) in [5.74, 6) is 3.97. The van der Waals surface area contributed by atoms with E-state index >= 15 is 0 Å². The Bertz CT molecular complexity index is 383. The smallest absolute Gasteiger partial charge is 0.0317 e. The van der Waals surface area contributed by atoms with Crippen LogP contribution >= 0.6 is 0 Å². The Hall–Kier alpha value is -0.980. The molecule has 0 unspecified atom stereocenters. The number of anilines is 1. The van der Waals surface area contributed by atoms with Gasteiger partial charge in [0.2, 0.25) is 0 Å². The topological polar surface area (TPSA) is 26.0 Å². The lowest BCUT2D eigenvalue weighted by atomic mass is 9.78. The van der Waals surface area contributed by atoms with Gasteiger partial charge in [-0.05, 0) is 53.4 Å². The lowest BCUT2D eigenvalue weighted by molar-refractivity contribution is 0.388. The van der Waals surface area contributed by atoms with Gasteiger partial charge in [-0.2, -0.15) is 0 Å². The van der Waals surface area contributed by atoms with Crippen molar-refractivity contribution in [2.24, 2.45) is 11.8 Å². The van der Waals surface area contributed by atoms with Crippen molar-refractivity contribution < 1.29 is 0 Å². The van der Waals surface area contributed by atoms with E-state index in [-0.39, 0.29) is 0 Å². The van der Waals surface area contributed by atoms with E-state index < -0.39 is 0 Å². The van der Waals surface area contributed by atoms with E-state index in [1.807, 2.05) is 0 Å². The van der Waals surface area contributed by atoms with Crippen molar-refractivity contribution in [1.82, 2.24) is 0 Å². The number of nitrogen functional groups attached to an aromatic ring is 1. The minimum Gasteiger partial charge on any atom is -0.399 e. The second kappa shape index (κ2) is 1.41. The molecule has 0 spiro atoms. The third kappa shape index (κ3) is 0.401. The minimum absolute atomic E-state index is 0.901. The third-order valence-corrected chi connectivity index (χ3v) is 4.09. The first kappa shape index (κ1) is 5.63.